The van der Waals surface area contributed by atoms with Crippen LogP contribution in [0.5, 0.6) is 0 Å². The maximum Gasteiger partial charge on any atom is 0.337 e. The van der Waals surface area contributed by atoms with Crippen molar-refractivity contribution in [3.8, 4) is 0 Å². The van der Waals surface area contributed by atoms with E-state index < -0.39 is 17.6 Å². The number of aromatic carboxylic acids is 1. The van der Waals surface area contributed by atoms with Gasteiger partial charge in [-0.1, -0.05) is 6.07 Å². The molecule has 0 saturated carbocycles. The van der Waals surface area contributed by atoms with Gasteiger partial charge >= 0.3 is 5.97 Å². The summed E-state index contributed by atoms with van der Waals surface area (Å²) in [7, 11) is 1.73. The molecule has 112 valence electrons. The van der Waals surface area contributed by atoms with Crippen molar-refractivity contribution in [1.29, 1.82) is 0 Å². The minimum atomic E-state index is -1.03. The van der Waals surface area contributed by atoms with E-state index in [0.717, 1.165) is 17.8 Å². The molecule has 0 fully saturated rings. The van der Waals surface area contributed by atoms with Crippen LogP contribution in [0.3, 0.4) is 0 Å². The molecule has 0 saturated heterocycles. The average molecular weight is 302 g/mol. The van der Waals surface area contributed by atoms with E-state index in [0.29, 0.717) is 23.0 Å². The number of aromatic nitrogens is 2. The van der Waals surface area contributed by atoms with Crippen LogP contribution in [0.2, 0.25) is 0 Å². The van der Waals surface area contributed by atoms with E-state index in [1.165, 1.54) is 18.3 Å². The summed E-state index contributed by atoms with van der Waals surface area (Å²) < 4.78 is 28.0. The molecule has 6 heteroatoms. The monoisotopic (exact) mass is 302 g/mol. The van der Waals surface area contributed by atoms with Crippen LogP contribution in [0.1, 0.15) is 21.6 Å². The first kappa shape index (κ1) is 14.2. The fraction of sp³-hybridized carbons (Fsp3) is 0.125. The summed E-state index contributed by atoms with van der Waals surface area (Å²) in [6.07, 6.45) is 1.79. The molecule has 3 aromatic rings. The second kappa shape index (κ2) is 5.22. The highest BCUT2D eigenvalue weighted by Crippen LogP contribution is 2.23. The molecular formula is C16H12F2N2O2. The Morgan fingerprint density at radius 3 is 2.68 bits per heavy atom. The lowest BCUT2D eigenvalue weighted by Crippen LogP contribution is -2.03. The number of hydrogen-bond acceptors (Lipinski definition) is 2. The van der Waals surface area contributed by atoms with E-state index in [4.69, 9.17) is 0 Å². The molecule has 2 aromatic heterocycles. The summed E-state index contributed by atoms with van der Waals surface area (Å²) in [5.74, 6) is -2.83. The number of halogens is 2. The summed E-state index contributed by atoms with van der Waals surface area (Å²) in [6.45, 7) is 0. The van der Waals surface area contributed by atoms with E-state index in [2.05, 4.69) is 4.98 Å². The number of nitrogens with zero attached hydrogens (tertiary/aromatic N) is 2. The molecule has 0 aliphatic rings. The Hall–Kier alpha value is -2.76. The lowest BCUT2D eigenvalue weighted by molar-refractivity contribution is 0.0698. The van der Waals surface area contributed by atoms with Crippen molar-refractivity contribution in [2.75, 3.05) is 0 Å². The number of pyridine rings is 1. The van der Waals surface area contributed by atoms with Gasteiger partial charge in [-0.25, -0.2) is 13.6 Å². The van der Waals surface area contributed by atoms with Gasteiger partial charge in [0.05, 0.1) is 16.6 Å². The van der Waals surface area contributed by atoms with E-state index in [9.17, 15) is 18.7 Å². The zero-order chi connectivity index (χ0) is 15.9. The lowest BCUT2D eigenvalue weighted by atomic mass is 10.1. The molecule has 4 nitrogen and oxygen atoms in total. The zero-order valence-electron chi connectivity index (χ0n) is 11.7. The predicted molar refractivity (Wildman–Crippen MR) is 76.8 cm³/mol. The van der Waals surface area contributed by atoms with Crippen molar-refractivity contribution in [2.45, 2.75) is 6.42 Å². The maximum atomic E-state index is 13.3. The van der Waals surface area contributed by atoms with Gasteiger partial charge in [-0.05, 0) is 29.8 Å². The van der Waals surface area contributed by atoms with Crippen molar-refractivity contribution in [3.63, 3.8) is 0 Å². The Balaban J connectivity index is 2.08. The normalized spacial score (nSPS) is 11.0. The summed E-state index contributed by atoms with van der Waals surface area (Å²) in [4.78, 5) is 15.4. The first-order chi connectivity index (χ1) is 10.5. The van der Waals surface area contributed by atoms with E-state index in [-0.39, 0.29) is 5.56 Å². The fourth-order valence-electron chi connectivity index (χ4n) is 2.53. The largest absolute Gasteiger partial charge is 0.478 e. The summed E-state index contributed by atoms with van der Waals surface area (Å²) in [6, 6.07) is 6.91. The van der Waals surface area contributed by atoms with Gasteiger partial charge in [0.1, 0.15) is 0 Å². The van der Waals surface area contributed by atoms with Crippen molar-refractivity contribution in [2.24, 2.45) is 7.05 Å². The smallest absolute Gasteiger partial charge is 0.337 e. The molecular weight excluding hydrogens is 290 g/mol. The number of aryl methyl sites for hydroxylation is 1. The Morgan fingerprint density at radius 1 is 1.23 bits per heavy atom. The van der Waals surface area contributed by atoms with Gasteiger partial charge in [0, 0.05) is 25.4 Å². The highest BCUT2D eigenvalue weighted by atomic mass is 19.2. The van der Waals surface area contributed by atoms with Crippen molar-refractivity contribution in [1.82, 2.24) is 9.55 Å². The van der Waals surface area contributed by atoms with E-state index in [1.54, 1.807) is 17.7 Å². The molecule has 3 rings (SSSR count). The van der Waals surface area contributed by atoms with Crippen LogP contribution in [0, 0.1) is 11.6 Å². The third kappa shape index (κ3) is 2.32. The summed E-state index contributed by atoms with van der Waals surface area (Å²) in [5.41, 5.74) is 2.58. The molecule has 0 atom stereocenters. The molecule has 0 unspecified atom stereocenters. The van der Waals surface area contributed by atoms with Crippen LogP contribution in [0.25, 0.3) is 11.0 Å². The fourth-order valence-corrected chi connectivity index (χ4v) is 2.53. The molecule has 22 heavy (non-hydrogen) atoms. The van der Waals surface area contributed by atoms with Crippen molar-refractivity contribution in [3.05, 3.63) is 65.0 Å². The van der Waals surface area contributed by atoms with Crippen LogP contribution in [0.15, 0.2) is 36.5 Å². The number of benzene rings is 1. The van der Waals surface area contributed by atoms with E-state index >= 15 is 0 Å². The van der Waals surface area contributed by atoms with Crippen LogP contribution < -0.4 is 0 Å². The van der Waals surface area contributed by atoms with Crippen LogP contribution in [-0.4, -0.2) is 20.6 Å². The van der Waals surface area contributed by atoms with Gasteiger partial charge in [0.2, 0.25) is 0 Å². The summed E-state index contributed by atoms with van der Waals surface area (Å²) in [5, 5.41) is 9.24. The molecule has 2 heterocycles. The van der Waals surface area contributed by atoms with Gasteiger partial charge in [0.25, 0.3) is 0 Å². The van der Waals surface area contributed by atoms with Gasteiger partial charge < -0.3 is 9.67 Å². The molecule has 0 amide bonds. The molecule has 1 N–H and O–H groups in total. The zero-order valence-corrected chi connectivity index (χ0v) is 11.7. The Kier molecular flexibility index (Phi) is 3.36. The number of rotatable bonds is 3. The topological polar surface area (TPSA) is 55.1 Å². The number of fused-ring (bicyclic) bond motifs is 1. The van der Waals surface area contributed by atoms with Crippen molar-refractivity contribution >= 4 is 17.0 Å². The highest BCUT2D eigenvalue weighted by molar-refractivity contribution is 6.01. The second-order valence-electron chi connectivity index (χ2n) is 5.02. The molecule has 0 radical (unpaired) electrons. The molecule has 1 aromatic carbocycles. The highest BCUT2D eigenvalue weighted by Gasteiger charge is 2.15. The molecule has 0 spiro atoms. The maximum absolute atomic E-state index is 13.3. The van der Waals surface area contributed by atoms with Gasteiger partial charge in [-0.15, -0.1) is 0 Å². The molecule has 0 aliphatic heterocycles. The first-order valence-electron chi connectivity index (χ1n) is 6.58. The summed E-state index contributed by atoms with van der Waals surface area (Å²) >= 11 is 0. The standard InChI is InChI=1S/C16H12F2N2O2/c1-20-10(6-9-2-3-12(17)13(18)7-9)8-14-15(20)11(16(21)22)4-5-19-14/h2-5,7-8H,6H2,1H3,(H,21,22). The predicted octanol–water partition coefficient (Wildman–Crippen LogP) is 3.14. The third-order valence-electron chi connectivity index (χ3n) is 3.62. The quantitative estimate of drug-likeness (QED) is 0.808. The Morgan fingerprint density at radius 2 is 2.00 bits per heavy atom. The van der Waals surface area contributed by atoms with Crippen molar-refractivity contribution < 1.29 is 18.7 Å². The number of carboxylic acids is 1. The third-order valence-corrected chi connectivity index (χ3v) is 3.62. The van der Waals surface area contributed by atoms with Crippen LogP contribution in [0.4, 0.5) is 8.78 Å². The molecule has 0 aliphatic carbocycles. The second-order valence-corrected chi connectivity index (χ2v) is 5.02. The number of carboxylic acid groups (broad SMARTS) is 1. The minimum Gasteiger partial charge on any atom is -0.478 e. The van der Waals surface area contributed by atoms with Gasteiger partial charge in [0.15, 0.2) is 11.6 Å². The lowest BCUT2D eigenvalue weighted by Gasteiger charge is -2.06. The van der Waals surface area contributed by atoms with Gasteiger partial charge in [-0.3, -0.25) is 4.98 Å². The Labute approximate surface area is 124 Å². The SMILES string of the molecule is Cn1c(Cc2ccc(F)c(F)c2)cc2nccc(C(=O)O)c21. The molecule has 0 bridgehead atoms. The number of hydrogen-bond donors (Lipinski definition) is 1. The van der Waals surface area contributed by atoms with Gasteiger partial charge in [-0.2, -0.15) is 0 Å². The first-order valence-corrected chi connectivity index (χ1v) is 6.58. The minimum absolute atomic E-state index is 0.157. The van der Waals surface area contributed by atoms with E-state index in [1.807, 2.05) is 0 Å². The Bertz CT molecular complexity index is 887. The average Bonchev–Trinajstić information content (AvgIpc) is 2.79. The van der Waals surface area contributed by atoms with Crippen LogP contribution >= 0.6 is 0 Å². The van der Waals surface area contributed by atoms with Crippen LogP contribution in [-0.2, 0) is 13.5 Å². The number of carbonyl (C=O) groups is 1.